The lowest BCUT2D eigenvalue weighted by Crippen LogP contribution is -2.17. The molecule has 11 heteroatoms. The molecule has 2 aromatic carbocycles. The van der Waals surface area contributed by atoms with Gasteiger partial charge in [-0.3, -0.25) is 4.79 Å². The molecule has 0 radical (unpaired) electrons. The van der Waals surface area contributed by atoms with Crippen LogP contribution in [-0.4, -0.2) is 32.5 Å². The molecule has 3 rings (SSSR count). The van der Waals surface area contributed by atoms with Crippen molar-refractivity contribution in [3.63, 3.8) is 0 Å². The van der Waals surface area contributed by atoms with Gasteiger partial charge in [0.1, 0.15) is 5.75 Å². The Morgan fingerprint density at radius 2 is 1.89 bits per heavy atom. The van der Waals surface area contributed by atoms with Crippen LogP contribution in [0, 0.1) is 6.92 Å². The average Bonchev–Trinajstić information content (AvgIpc) is 3.07. The van der Waals surface area contributed by atoms with Crippen LogP contribution in [-0.2, 0) is 0 Å². The summed E-state index contributed by atoms with van der Waals surface area (Å²) in [6.07, 6.45) is -4.78. The first-order chi connectivity index (χ1) is 12.7. The summed E-state index contributed by atoms with van der Waals surface area (Å²) in [5.74, 6) is -1.21. The first-order valence-electron chi connectivity index (χ1n) is 7.45. The van der Waals surface area contributed by atoms with E-state index in [1.54, 1.807) is 25.1 Å². The highest BCUT2D eigenvalue weighted by Crippen LogP contribution is 2.23. The Morgan fingerprint density at radius 3 is 2.56 bits per heavy atom. The number of tetrazole rings is 1. The van der Waals surface area contributed by atoms with Crippen LogP contribution in [0.4, 0.5) is 18.9 Å². The number of benzene rings is 2. The van der Waals surface area contributed by atoms with Gasteiger partial charge >= 0.3 is 6.36 Å². The molecular formula is C16H11ClF3N5O2. The number of ether oxygens (including phenoxy) is 1. The predicted molar refractivity (Wildman–Crippen MR) is 90.0 cm³/mol. The number of halogens is 4. The van der Waals surface area contributed by atoms with Crippen LogP contribution >= 0.6 is 11.6 Å². The third-order valence-corrected chi connectivity index (χ3v) is 3.60. The van der Waals surface area contributed by atoms with E-state index in [1.165, 1.54) is 12.1 Å². The van der Waals surface area contributed by atoms with Gasteiger partial charge in [-0.1, -0.05) is 17.7 Å². The number of hydrogen-bond donors (Lipinski definition) is 1. The van der Waals surface area contributed by atoms with Gasteiger partial charge in [-0.25, -0.2) is 0 Å². The molecule has 0 saturated carbocycles. The molecule has 0 saturated heterocycles. The van der Waals surface area contributed by atoms with Gasteiger partial charge in [0.05, 0.1) is 5.69 Å². The number of carbonyl (C=O) groups excluding carboxylic acids is 1. The second-order valence-electron chi connectivity index (χ2n) is 5.36. The van der Waals surface area contributed by atoms with Gasteiger partial charge in [0, 0.05) is 10.7 Å². The van der Waals surface area contributed by atoms with Crippen LogP contribution in [0.5, 0.6) is 5.75 Å². The second kappa shape index (κ2) is 7.23. The molecule has 27 heavy (non-hydrogen) atoms. The van der Waals surface area contributed by atoms with Crippen LogP contribution in [0.15, 0.2) is 42.5 Å². The Bertz CT molecular complexity index is 973. The molecule has 7 nitrogen and oxygen atoms in total. The molecule has 0 aliphatic heterocycles. The summed E-state index contributed by atoms with van der Waals surface area (Å²) in [6, 6.07) is 9.80. The fraction of sp³-hybridized carbons (Fsp3) is 0.125. The van der Waals surface area contributed by atoms with E-state index in [4.69, 9.17) is 11.6 Å². The van der Waals surface area contributed by atoms with E-state index in [1.807, 2.05) is 0 Å². The summed E-state index contributed by atoms with van der Waals surface area (Å²) in [4.78, 5) is 13.3. The van der Waals surface area contributed by atoms with Crippen molar-refractivity contribution in [2.45, 2.75) is 13.3 Å². The summed E-state index contributed by atoms with van der Waals surface area (Å²) in [7, 11) is 0. The quantitative estimate of drug-likeness (QED) is 0.724. The fourth-order valence-electron chi connectivity index (χ4n) is 2.10. The van der Waals surface area contributed by atoms with E-state index >= 15 is 0 Å². The third-order valence-electron chi connectivity index (χ3n) is 3.37. The van der Waals surface area contributed by atoms with E-state index in [9.17, 15) is 18.0 Å². The number of carbonyl (C=O) groups is 1. The Balaban J connectivity index is 1.74. The molecule has 0 aliphatic carbocycles. The zero-order chi connectivity index (χ0) is 19.6. The van der Waals surface area contributed by atoms with Gasteiger partial charge < -0.3 is 10.1 Å². The van der Waals surface area contributed by atoms with E-state index in [-0.39, 0.29) is 11.6 Å². The molecule has 0 fully saturated rings. The van der Waals surface area contributed by atoms with Gasteiger partial charge in [0.15, 0.2) is 0 Å². The molecule has 0 atom stereocenters. The molecular weight excluding hydrogens is 387 g/mol. The lowest BCUT2D eigenvalue weighted by Gasteiger charge is -2.08. The van der Waals surface area contributed by atoms with Gasteiger partial charge in [-0.15, -0.1) is 28.2 Å². The molecule has 1 amide bonds. The number of hydrogen-bond acceptors (Lipinski definition) is 5. The number of aromatic nitrogens is 4. The van der Waals surface area contributed by atoms with Crippen molar-refractivity contribution in [2.75, 3.05) is 5.32 Å². The SMILES string of the molecule is Cc1ccc(Cl)cc1NC(=O)c1nnn(-c2ccc(OC(F)(F)F)cc2)n1. The zero-order valence-electron chi connectivity index (χ0n) is 13.7. The smallest absolute Gasteiger partial charge is 0.406 e. The van der Waals surface area contributed by atoms with Crippen molar-refractivity contribution in [3.05, 3.63) is 58.9 Å². The standard InChI is InChI=1S/C16H11ClF3N5O2/c1-9-2-3-10(17)8-13(9)21-15(26)14-22-24-25(23-14)11-4-6-12(7-5-11)27-16(18,19)20/h2-8H,1H3,(H,21,26). The molecule has 1 heterocycles. The number of alkyl halides is 3. The number of aryl methyl sites for hydroxylation is 1. The van der Waals surface area contributed by atoms with E-state index in [2.05, 4.69) is 25.5 Å². The van der Waals surface area contributed by atoms with Gasteiger partial charge in [-0.05, 0) is 54.1 Å². The number of nitrogens with one attached hydrogen (secondary N) is 1. The Morgan fingerprint density at radius 1 is 1.19 bits per heavy atom. The van der Waals surface area contributed by atoms with Crippen molar-refractivity contribution in [1.82, 2.24) is 20.2 Å². The maximum Gasteiger partial charge on any atom is 0.573 e. The maximum absolute atomic E-state index is 12.3. The molecule has 1 aromatic heterocycles. The average molecular weight is 398 g/mol. The topological polar surface area (TPSA) is 81.9 Å². The van der Waals surface area contributed by atoms with Crippen LogP contribution in [0.1, 0.15) is 16.2 Å². The molecule has 0 spiro atoms. The normalized spacial score (nSPS) is 11.3. The van der Waals surface area contributed by atoms with Gasteiger partial charge in [0.25, 0.3) is 11.7 Å². The van der Waals surface area contributed by atoms with Crippen LogP contribution in [0.2, 0.25) is 5.02 Å². The summed E-state index contributed by atoms with van der Waals surface area (Å²) in [5, 5.41) is 14.4. The van der Waals surface area contributed by atoms with Crippen molar-refractivity contribution < 1.29 is 22.7 Å². The maximum atomic E-state index is 12.3. The Hall–Kier alpha value is -3.14. The highest BCUT2D eigenvalue weighted by molar-refractivity contribution is 6.31. The minimum absolute atomic E-state index is 0.218. The first-order valence-corrected chi connectivity index (χ1v) is 7.83. The van der Waals surface area contributed by atoms with Crippen molar-refractivity contribution in [1.29, 1.82) is 0 Å². The number of amides is 1. The minimum Gasteiger partial charge on any atom is -0.406 e. The van der Waals surface area contributed by atoms with Crippen LogP contribution < -0.4 is 10.1 Å². The Labute approximate surface area is 155 Å². The fourth-order valence-corrected chi connectivity index (χ4v) is 2.27. The van der Waals surface area contributed by atoms with Crippen LogP contribution in [0.25, 0.3) is 5.69 Å². The lowest BCUT2D eigenvalue weighted by molar-refractivity contribution is -0.274. The largest absolute Gasteiger partial charge is 0.573 e. The third kappa shape index (κ3) is 4.73. The minimum atomic E-state index is -4.78. The molecule has 1 N–H and O–H groups in total. The van der Waals surface area contributed by atoms with E-state index in [0.29, 0.717) is 16.4 Å². The second-order valence-corrected chi connectivity index (χ2v) is 5.79. The zero-order valence-corrected chi connectivity index (χ0v) is 14.4. The van der Waals surface area contributed by atoms with Gasteiger partial charge in [0.2, 0.25) is 0 Å². The number of nitrogens with zero attached hydrogens (tertiary/aromatic N) is 4. The first kappa shape index (κ1) is 18.6. The summed E-state index contributed by atoms with van der Waals surface area (Å²) >= 11 is 5.90. The molecule has 3 aromatic rings. The molecule has 0 aliphatic rings. The summed E-state index contributed by atoms with van der Waals surface area (Å²) < 4.78 is 40.3. The van der Waals surface area contributed by atoms with Crippen molar-refractivity contribution >= 4 is 23.2 Å². The number of anilines is 1. The molecule has 0 bridgehead atoms. The predicted octanol–water partition coefficient (Wildman–Crippen LogP) is 3.78. The van der Waals surface area contributed by atoms with Crippen molar-refractivity contribution in [3.8, 4) is 11.4 Å². The number of rotatable bonds is 4. The van der Waals surface area contributed by atoms with Crippen LogP contribution in [0.3, 0.4) is 0 Å². The highest BCUT2D eigenvalue weighted by Gasteiger charge is 2.31. The monoisotopic (exact) mass is 397 g/mol. The van der Waals surface area contributed by atoms with Gasteiger partial charge in [-0.2, -0.15) is 0 Å². The highest BCUT2D eigenvalue weighted by atomic mass is 35.5. The Kier molecular flexibility index (Phi) is 5.00. The van der Waals surface area contributed by atoms with Crippen molar-refractivity contribution in [2.24, 2.45) is 0 Å². The lowest BCUT2D eigenvalue weighted by atomic mass is 10.2. The van der Waals surface area contributed by atoms with E-state index in [0.717, 1.165) is 22.5 Å². The summed E-state index contributed by atoms with van der Waals surface area (Å²) in [6.45, 7) is 1.79. The summed E-state index contributed by atoms with van der Waals surface area (Å²) in [5.41, 5.74) is 1.59. The molecule has 0 unspecified atom stereocenters. The van der Waals surface area contributed by atoms with E-state index < -0.39 is 12.3 Å². The molecule has 140 valence electrons.